The number of amides is 2. The van der Waals surface area contributed by atoms with Crippen LogP contribution in [0.25, 0.3) is 0 Å². The number of rotatable bonds is 10. The molecule has 0 saturated heterocycles. The van der Waals surface area contributed by atoms with E-state index in [9.17, 15) is 9.59 Å². The van der Waals surface area contributed by atoms with Crippen molar-refractivity contribution < 1.29 is 9.59 Å². The van der Waals surface area contributed by atoms with Gasteiger partial charge in [-0.25, -0.2) is 5.43 Å². The highest BCUT2D eigenvalue weighted by molar-refractivity contribution is 5.97. The smallest absolute Gasteiger partial charge is 0.262 e. The van der Waals surface area contributed by atoms with Crippen LogP contribution in [0, 0.1) is 5.92 Å². The minimum atomic E-state index is -0.662. The van der Waals surface area contributed by atoms with Gasteiger partial charge in [-0.15, -0.1) is 0 Å². The van der Waals surface area contributed by atoms with Crippen LogP contribution in [0.15, 0.2) is 59.7 Å². The molecule has 0 radical (unpaired) electrons. The second-order valence-corrected chi connectivity index (χ2v) is 7.20. The third-order valence-corrected chi connectivity index (χ3v) is 5.23. The summed E-state index contributed by atoms with van der Waals surface area (Å²) in [5.74, 6) is -0.627. The Balaban J connectivity index is 2.00. The van der Waals surface area contributed by atoms with E-state index in [2.05, 4.69) is 34.6 Å². The van der Waals surface area contributed by atoms with Crippen LogP contribution in [0.3, 0.4) is 0 Å². The van der Waals surface area contributed by atoms with E-state index >= 15 is 0 Å². The first-order chi connectivity index (χ1) is 14.5. The van der Waals surface area contributed by atoms with Gasteiger partial charge in [-0.05, 0) is 49.6 Å². The van der Waals surface area contributed by atoms with Gasteiger partial charge in [0.1, 0.15) is 6.04 Å². The van der Waals surface area contributed by atoms with Crippen LogP contribution in [0.1, 0.15) is 50.0 Å². The molecule has 6 heteroatoms. The van der Waals surface area contributed by atoms with Crippen molar-refractivity contribution in [1.82, 2.24) is 10.7 Å². The van der Waals surface area contributed by atoms with E-state index in [1.54, 1.807) is 30.5 Å². The van der Waals surface area contributed by atoms with Crippen molar-refractivity contribution in [2.45, 2.75) is 40.2 Å². The molecule has 0 spiro atoms. The first kappa shape index (κ1) is 23.1. The average molecular weight is 409 g/mol. The summed E-state index contributed by atoms with van der Waals surface area (Å²) in [5, 5.41) is 6.92. The van der Waals surface area contributed by atoms with Gasteiger partial charge in [0.15, 0.2) is 0 Å². The van der Waals surface area contributed by atoms with Crippen LogP contribution in [0.2, 0.25) is 0 Å². The Morgan fingerprint density at radius 1 is 1.00 bits per heavy atom. The predicted octanol–water partition coefficient (Wildman–Crippen LogP) is 3.83. The molecule has 0 heterocycles. The molecule has 2 aromatic rings. The summed E-state index contributed by atoms with van der Waals surface area (Å²) in [6.45, 7) is 10.1. The zero-order chi connectivity index (χ0) is 21.9. The minimum Gasteiger partial charge on any atom is -0.372 e. The molecule has 0 aliphatic heterocycles. The van der Waals surface area contributed by atoms with Crippen LogP contribution in [0.5, 0.6) is 0 Å². The third-order valence-electron chi connectivity index (χ3n) is 5.23. The van der Waals surface area contributed by atoms with Gasteiger partial charge in [0.25, 0.3) is 11.8 Å². The van der Waals surface area contributed by atoms with Gasteiger partial charge in [0, 0.05) is 24.3 Å². The second-order valence-electron chi connectivity index (χ2n) is 7.20. The van der Waals surface area contributed by atoms with Gasteiger partial charge in [-0.3, -0.25) is 9.59 Å². The number of carbonyl (C=O) groups excluding carboxylic acids is 2. The van der Waals surface area contributed by atoms with Crippen molar-refractivity contribution in [2.24, 2.45) is 11.0 Å². The maximum Gasteiger partial charge on any atom is 0.262 e. The van der Waals surface area contributed by atoms with E-state index in [1.165, 1.54) is 0 Å². The fourth-order valence-electron chi connectivity index (χ4n) is 3.12. The highest BCUT2D eigenvalue weighted by Gasteiger charge is 2.26. The Kier molecular flexibility index (Phi) is 9.06. The number of hydrogen-bond donors (Lipinski definition) is 2. The quantitative estimate of drug-likeness (QED) is 0.464. The fourth-order valence-corrected chi connectivity index (χ4v) is 3.12. The van der Waals surface area contributed by atoms with Crippen LogP contribution in [0.4, 0.5) is 5.69 Å². The first-order valence-corrected chi connectivity index (χ1v) is 10.5. The summed E-state index contributed by atoms with van der Waals surface area (Å²) in [6, 6.07) is 16.2. The monoisotopic (exact) mass is 408 g/mol. The van der Waals surface area contributed by atoms with Crippen molar-refractivity contribution in [2.75, 3.05) is 18.0 Å². The molecule has 0 bridgehead atoms. The number of nitrogens with zero attached hydrogens (tertiary/aromatic N) is 2. The Labute approximate surface area is 179 Å². The highest BCUT2D eigenvalue weighted by Crippen LogP contribution is 2.14. The number of benzene rings is 2. The maximum absolute atomic E-state index is 12.7. The lowest BCUT2D eigenvalue weighted by Crippen LogP contribution is -2.49. The molecule has 2 aromatic carbocycles. The molecular weight excluding hydrogens is 376 g/mol. The molecule has 0 unspecified atom stereocenters. The van der Waals surface area contributed by atoms with E-state index < -0.39 is 6.04 Å². The van der Waals surface area contributed by atoms with Gasteiger partial charge < -0.3 is 10.2 Å². The Morgan fingerprint density at radius 3 is 2.20 bits per heavy atom. The number of hydrogen-bond acceptors (Lipinski definition) is 4. The molecule has 2 rings (SSSR count). The maximum atomic E-state index is 12.7. The number of anilines is 1. The zero-order valence-corrected chi connectivity index (χ0v) is 18.3. The lowest BCUT2D eigenvalue weighted by atomic mass is 9.98. The van der Waals surface area contributed by atoms with Crippen molar-refractivity contribution in [3.63, 3.8) is 0 Å². The summed E-state index contributed by atoms with van der Waals surface area (Å²) in [4.78, 5) is 27.4. The van der Waals surface area contributed by atoms with E-state index in [1.807, 2.05) is 44.2 Å². The highest BCUT2D eigenvalue weighted by atomic mass is 16.2. The largest absolute Gasteiger partial charge is 0.372 e. The van der Waals surface area contributed by atoms with Gasteiger partial charge in [-0.2, -0.15) is 5.10 Å². The van der Waals surface area contributed by atoms with Gasteiger partial charge in [0.05, 0.1) is 6.21 Å². The molecule has 160 valence electrons. The Bertz CT molecular complexity index is 830. The minimum absolute atomic E-state index is 0.0267. The molecular formula is C24H32N4O2. The molecule has 2 N–H and O–H groups in total. The Morgan fingerprint density at radius 2 is 1.63 bits per heavy atom. The topological polar surface area (TPSA) is 73.8 Å². The van der Waals surface area contributed by atoms with Gasteiger partial charge >= 0.3 is 0 Å². The van der Waals surface area contributed by atoms with Crippen molar-refractivity contribution in [3.05, 3.63) is 65.7 Å². The molecule has 0 saturated carbocycles. The average Bonchev–Trinajstić information content (AvgIpc) is 2.79. The summed E-state index contributed by atoms with van der Waals surface area (Å²) in [6.07, 6.45) is 2.36. The molecule has 0 aromatic heterocycles. The molecule has 0 aliphatic rings. The number of carbonyl (C=O) groups is 2. The standard InChI is InChI=1S/C24H32N4O2/c1-5-18(4)22(26-23(29)20-11-9-8-10-12-20)24(30)27-25-17-19-13-15-21(16-14-19)28(6-2)7-3/h8-18,22H,5-7H2,1-4H3,(H,26,29)(H,27,30)/t18-,22-/m1/s1. The number of nitrogens with one attached hydrogen (secondary N) is 2. The van der Waals surface area contributed by atoms with Crippen LogP contribution in [-0.2, 0) is 4.79 Å². The summed E-state index contributed by atoms with van der Waals surface area (Å²) in [5.41, 5.74) is 5.13. The van der Waals surface area contributed by atoms with E-state index in [0.717, 1.165) is 30.8 Å². The summed E-state index contributed by atoms with van der Waals surface area (Å²) >= 11 is 0. The van der Waals surface area contributed by atoms with Crippen LogP contribution >= 0.6 is 0 Å². The summed E-state index contributed by atoms with van der Waals surface area (Å²) in [7, 11) is 0. The second kappa shape index (κ2) is 11.8. The normalized spacial score (nSPS) is 12.9. The van der Waals surface area contributed by atoms with Crippen molar-refractivity contribution in [1.29, 1.82) is 0 Å². The molecule has 30 heavy (non-hydrogen) atoms. The first-order valence-electron chi connectivity index (χ1n) is 10.5. The zero-order valence-electron chi connectivity index (χ0n) is 18.3. The SMILES string of the molecule is CC[C@@H](C)[C@@H](NC(=O)c1ccccc1)C(=O)NN=Cc1ccc(N(CC)CC)cc1. The Hall–Kier alpha value is -3.15. The van der Waals surface area contributed by atoms with Crippen LogP contribution in [-0.4, -0.2) is 37.2 Å². The van der Waals surface area contributed by atoms with Crippen molar-refractivity contribution in [3.8, 4) is 0 Å². The predicted molar refractivity (Wildman–Crippen MR) is 123 cm³/mol. The summed E-state index contributed by atoms with van der Waals surface area (Å²) < 4.78 is 0. The van der Waals surface area contributed by atoms with E-state index in [-0.39, 0.29) is 17.7 Å². The molecule has 2 amide bonds. The molecule has 0 fully saturated rings. The third kappa shape index (κ3) is 6.44. The van der Waals surface area contributed by atoms with E-state index in [0.29, 0.717) is 5.56 Å². The lowest BCUT2D eigenvalue weighted by Gasteiger charge is -2.22. The molecule has 0 aliphatic carbocycles. The lowest BCUT2D eigenvalue weighted by molar-refractivity contribution is -0.124. The van der Waals surface area contributed by atoms with Crippen LogP contribution < -0.4 is 15.6 Å². The fraction of sp³-hybridized carbons (Fsp3) is 0.375. The molecule has 6 nitrogen and oxygen atoms in total. The van der Waals surface area contributed by atoms with Gasteiger partial charge in [0.2, 0.25) is 0 Å². The van der Waals surface area contributed by atoms with E-state index in [4.69, 9.17) is 0 Å². The number of hydrazone groups is 1. The van der Waals surface area contributed by atoms with Crippen molar-refractivity contribution >= 4 is 23.7 Å². The molecule has 2 atom stereocenters. The van der Waals surface area contributed by atoms with Gasteiger partial charge in [-0.1, -0.05) is 50.6 Å².